The predicted octanol–water partition coefficient (Wildman–Crippen LogP) is 6.21. The van der Waals surface area contributed by atoms with Crippen LogP contribution < -0.4 is 5.32 Å². The van der Waals surface area contributed by atoms with Gasteiger partial charge in [0.2, 0.25) is 5.91 Å². The molecule has 208 valence electrons. The zero-order valence-electron chi connectivity index (χ0n) is 24.3. The first-order chi connectivity index (χ1) is 17.1. The van der Waals surface area contributed by atoms with Gasteiger partial charge in [0.15, 0.2) is 0 Å². The molecule has 1 amide bonds. The molecule has 4 saturated carbocycles. The van der Waals surface area contributed by atoms with E-state index in [9.17, 15) is 19.8 Å². The number of hydrogen-bond donors (Lipinski definition) is 3. The van der Waals surface area contributed by atoms with Crippen molar-refractivity contribution in [2.45, 2.75) is 112 Å². The highest BCUT2D eigenvalue weighted by molar-refractivity contribution is 5.87. The van der Waals surface area contributed by atoms with Crippen molar-refractivity contribution >= 4 is 11.9 Å². The Kier molecular flexibility index (Phi) is 6.30. The minimum Gasteiger partial charge on any atom is -0.480 e. The molecule has 3 N–H and O–H groups in total. The number of aliphatic hydroxyl groups excluding tert-OH is 1. The molecule has 0 heterocycles. The molecule has 5 rings (SSSR count). The van der Waals surface area contributed by atoms with Gasteiger partial charge in [-0.2, -0.15) is 0 Å². The lowest BCUT2D eigenvalue weighted by molar-refractivity contribution is -0.204. The topological polar surface area (TPSA) is 86.6 Å². The van der Waals surface area contributed by atoms with Crippen LogP contribution >= 0.6 is 0 Å². The van der Waals surface area contributed by atoms with Gasteiger partial charge in [-0.3, -0.25) is 9.59 Å². The van der Waals surface area contributed by atoms with Crippen LogP contribution in [-0.4, -0.2) is 34.7 Å². The van der Waals surface area contributed by atoms with E-state index in [4.69, 9.17) is 0 Å². The Labute approximate surface area is 224 Å². The molecule has 5 aliphatic carbocycles. The van der Waals surface area contributed by atoms with Gasteiger partial charge in [0.25, 0.3) is 0 Å². The first kappa shape index (κ1) is 27.2. The van der Waals surface area contributed by atoms with Gasteiger partial charge in [0, 0.05) is 0 Å². The lowest BCUT2D eigenvalue weighted by atomic mass is 9.33. The number of nitrogens with one attached hydrogen (secondary N) is 1. The monoisotopic (exact) mass is 513 g/mol. The minimum atomic E-state index is -0.975. The second-order valence-corrected chi connectivity index (χ2v) is 15.3. The van der Waals surface area contributed by atoms with E-state index in [2.05, 4.69) is 59.9 Å². The number of carbonyl (C=O) groups is 2. The fraction of sp³-hybridized carbons (Fsp3) is 0.875. The van der Waals surface area contributed by atoms with E-state index in [1.807, 2.05) is 0 Å². The van der Waals surface area contributed by atoms with Crippen molar-refractivity contribution in [1.29, 1.82) is 0 Å². The largest absolute Gasteiger partial charge is 0.480 e. The number of carboxylic acid groups (broad SMARTS) is 1. The second kappa shape index (κ2) is 8.57. The summed E-state index contributed by atoms with van der Waals surface area (Å²) >= 11 is 0. The summed E-state index contributed by atoms with van der Waals surface area (Å²) < 4.78 is 0. The fourth-order valence-corrected chi connectivity index (χ4v) is 11.2. The average Bonchev–Trinajstić information content (AvgIpc) is 2.83. The number of allylic oxidation sites excluding steroid dienone is 2. The number of fused-ring (bicyclic) bond motifs is 7. The Balaban J connectivity index is 1.57. The third kappa shape index (κ3) is 3.50. The highest BCUT2D eigenvalue weighted by Gasteiger charge is 2.69. The van der Waals surface area contributed by atoms with Crippen molar-refractivity contribution in [3.05, 3.63) is 11.6 Å². The van der Waals surface area contributed by atoms with Crippen LogP contribution in [0, 0.1) is 56.7 Å². The van der Waals surface area contributed by atoms with Gasteiger partial charge < -0.3 is 15.5 Å². The molecule has 0 bridgehead atoms. The molecule has 5 nitrogen and oxygen atoms in total. The molecule has 10 atom stereocenters. The molecule has 0 aromatic rings. The number of hydrogen-bond acceptors (Lipinski definition) is 3. The summed E-state index contributed by atoms with van der Waals surface area (Å²) in [5, 5.41) is 23.0. The van der Waals surface area contributed by atoms with Gasteiger partial charge in [-0.15, -0.1) is 0 Å². The Morgan fingerprint density at radius 2 is 1.65 bits per heavy atom. The molecule has 0 saturated heterocycles. The van der Waals surface area contributed by atoms with Crippen LogP contribution in [0.5, 0.6) is 0 Å². The second-order valence-electron chi connectivity index (χ2n) is 15.3. The summed E-state index contributed by atoms with van der Waals surface area (Å²) in [6.07, 6.45) is 11.5. The molecule has 0 aliphatic heterocycles. The van der Waals surface area contributed by atoms with E-state index in [1.54, 1.807) is 0 Å². The zero-order chi connectivity index (χ0) is 27.2. The SMILES string of the molecule is C[C@H]1[C@H](C)CC[C@]2(C(=O)NCC(=O)O)CC[C@]3(C)C(=CC[C@@H]4[C@@]5(C)CC[C@H](O)C(C)(C)[C@@H]5CC[C@]43C)[C@H]12. The van der Waals surface area contributed by atoms with Crippen LogP contribution in [-0.2, 0) is 9.59 Å². The Morgan fingerprint density at radius 3 is 2.32 bits per heavy atom. The summed E-state index contributed by atoms with van der Waals surface area (Å²) in [6.45, 7) is 16.6. The normalized spacial score (nSPS) is 50.4. The van der Waals surface area contributed by atoms with Crippen LogP contribution in [0.25, 0.3) is 0 Å². The van der Waals surface area contributed by atoms with Crippen molar-refractivity contribution < 1.29 is 19.8 Å². The first-order valence-corrected chi connectivity index (χ1v) is 15.0. The van der Waals surface area contributed by atoms with E-state index >= 15 is 0 Å². The van der Waals surface area contributed by atoms with Gasteiger partial charge in [-0.25, -0.2) is 0 Å². The van der Waals surface area contributed by atoms with Crippen LogP contribution in [0.2, 0.25) is 0 Å². The summed E-state index contributed by atoms with van der Waals surface area (Å²) in [7, 11) is 0. The van der Waals surface area contributed by atoms with Crippen molar-refractivity contribution in [2.75, 3.05) is 6.54 Å². The van der Waals surface area contributed by atoms with Crippen LogP contribution in [0.3, 0.4) is 0 Å². The zero-order valence-corrected chi connectivity index (χ0v) is 24.3. The number of carbonyl (C=O) groups excluding carboxylic acids is 1. The third-order valence-corrected chi connectivity index (χ3v) is 13.8. The van der Waals surface area contributed by atoms with Gasteiger partial charge in [0.05, 0.1) is 11.5 Å². The van der Waals surface area contributed by atoms with Gasteiger partial charge in [-0.05, 0) is 109 Å². The van der Waals surface area contributed by atoms with Gasteiger partial charge in [0.1, 0.15) is 6.54 Å². The molecule has 5 heteroatoms. The quantitative estimate of drug-likeness (QED) is 0.392. The summed E-state index contributed by atoms with van der Waals surface area (Å²) in [4.78, 5) is 25.1. The Morgan fingerprint density at radius 1 is 0.946 bits per heavy atom. The van der Waals surface area contributed by atoms with Gasteiger partial charge >= 0.3 is 5.97 Å². The third-order valence-electron chi connectivity index (χ3n) is 13.8. The number of rotatable bonds is 3. The fourth-order valence-electron chi connectivity index (χ4n) is 11.2. The van der Waals surface area contributed by atoms with Crippen LogP contribution in [0.1, 0.15) is 106 Å². The summed E-state index contributed by atoms with van der Waals surface area (Å²) in [5.41, 5.74) is 1.37. The Hall–Kier alpha value is -1.36. The maximum Gasteiger partial charge on any atom is 0.322 e. The average molecular weight is 514 g/mol. The number of amides is 1. The molecular weight excluding hydrogens is 462 g/mol. The van der Waals surface area contributed by atoms with E-state index < -0.39 is 11.4 Å². The molecule has 0 radical (unpaired) electrons. The molecule has 37 heavy (non-hydrogen) atoms. The number of carboxylic acids is 1. The molecule has 0 unspecified atom stereocenters. The van der Waals surface area contributed by atoms with Crippen LogP contribution in [0.15, 0.2) is 11.6 Å². The van der Waals surface area contributed by atoms with E-state index in [1.165, 1.54) is 12.0 Å². The summed E-state index contributed by atoms with van der Waals surface area (Å²) in [5.74, 6) is 1.21. The number of aliphatic carboxylic acids is 1. The number of aliphatic hydroxyl groups is 1. The molecular formula is C32H51NO4. The maximum absolute atomic E-state index is 13.8. The maximum atomic E-state index is 13.8. The standard InChI is InChI=1S/C32H51NO4/c1-19-10-15-32(27(37)33-18-25(35)36)17-16-30(6)21(26(32)20(19)2)8-9-23-29(5)13-12-24(34)28(3,4)22(29)11-14-31(23,30)7/h8,19-20,22-24,26,34H,9-18H2,1-7H3,(H,33,37)(H,35,36)/t19-,20+,22+,23-,24+,26+,29+,30-,31-,32+/m1/s1. The highest BCUT2D eigenvalue weighted by Crippen LogP contribution is 2.75. The molecule has 0 spiro atoms. The van der Waals surface area contributed by atoms with Crippen molar-refractivity contribution in [3.63, 3.8) is 0 Å². The van der Waals surface area contributed by atoms with Crippen molar-refractivity contribution in [2.24, 2.45) is 56.7 Å². The first-order valence-electron chi connectivity index (χ1n) is 15.0. The lowest BCUT2D eigenvalue weighted by Gasteiger charge is -2.71. The minimum absolute atomic E-state index is 0.0347. The van der Waals surface area contributed by atoms with Crippen molar-refractivity contribution in [3.8, 4) is 0 Å². The van der Waals surface area contributed by atoms with Crippen molar-refractivity contribution in [1.82, 2.24) is 5.32 Å². The smallest absolute Gasteiger partial charge is 0.322 e. The van der Waals surface area contributed by atoms with E-state index in [0.29, 0.717) is 23.7 Å². The lowest BCUT2D eigenvalue weighted by Crippen LogP contribution is -2.66. The van der Waals surface area contributed by atoms with Crippen LogP contribution in [0.4, 0.5) is 0 Å². The molecule has 4 fully saturated rings. The molecule has 5 aliphatic rings. The summed E-state index contributed by atoms with van der Waals surface area (Å²) in [6, 6.07) is 0. The molecule has 0 aromatic heterocycles. The van der Waals surface area contributed by atoms with E-state index in [-0.39, 0.29) is 46.1 Å². The van der Waals surface area contributed by atoms with Gasteiger partial charge in [-0.1, -0.05) is 60.1 Å². The molecule has 0 aromatic carbocycles. The van der Waals surface area contributed by atoms with E-state index in [0.717, 1.165) is 51.4 Å². The Bertz CT molecular complexity index is 1000. The predicted molar refractivity (Wildman–Crippen MR) is 146 cm³/mol. The highest BCUT2D eigenvalue weighted by atomic mass is 16.4.